The van der Waals surface area contributed by atoms with Gasteiger partial charge in [0.05, 0.1) is 5.56 Å². The summed E-state index contributed by atoms with van der Waals surface area (Å²) in [5.74, 6) is 0.329. The standard InChI is InChI=1S/C15H11N3O2/c19-14-11-6-2-1-5-10(11)12(15(20)18-14)9-17-13-7-3-4-8-16-13/h1-9H,(H2,18,19,20). The van der Waals surface area contributed by atoms with Crippen LogP contribution in [0.25, 0.3) is 10.8 Å². The number of aromatic hydroxyl groups is 1. The minimum Gasteiger partial charge on any atom is -0.494 e. The molecule has 0 radical (unpaired) electrons. The van der Waals surface area contributed by atoms with Crippen molar-refractivity contribution in [3.05, 3.63) is 64.6 Å². The zero-order chi connectivity index (χ0) is 13.9. The average Bonchev–Trinajstić information content (AvgIpc) is 2.48. The molecule has 98 valence electrons. The van der Waals surface area contributed by atoms with Gasteiger partial charge in [0.2, 0.25) is 5.88 Å². The first-order valence-corrected chi connectivity index (χ1v) is 6.05. The molecular formula is C15H11N3O2. The van der Waals surface area contributed by atoms with Gasteiger partial charge in [-0.15, -0.1) is 0 Å². The number of pyridine rings is 2. The van der Waals surface area contributed by atoms with E-state index in [1.165, 1.54) is 6.21 Å². The molecule has 0 saturated heterocycles. The van der Waals surface area contributed by atoms with Crippen molar-refractivity contribution < 1.29 is 5.11 Å². The minimum atomic E-state index is -0.326. The molecule has 1 aromatic carbocycles. The third kappa shape index (κ3) is 2.16. The highest BCUT2D eigenvalue weighted by Gasteiger charge is 2.08. The maximum atomic E-state index is 11.8. The molecule has 2 N–H and O–H groups in total. The normalized spacial score (nSPS) is 11.2. The van der Waals surface area contributed by atoms with Gasteiger partial charge in [0, 0.05) is 23.2 Å². The third-order valence-electron chi connectivity index (χ3n) is 2.92. The van der Waals surface area contributed by atoms with Crippen LogP contribution >= 0.6 is 0 Å². The number of hydrogen-bond acceptors (Lipinski definition) is 4. The molecular weight excluding hydrogens is 254 g/mol. The monoisotopic (exact) mass is 265 g/mol. The molecule has 0 saturated carbocycles. The topological polar surface area (TPSA) is 78.3 Å². The van der Waals surface area contributed by atoms with E-state index in [0.29, 0.717) is 22.2 Å². The van der Waals surface area contributed by atoms with E-state index in [1.807, 2.05) is 6.07 Å². The molecule has 0 aliphatic heterocycles. The molecule has 0 fully saturated rings. The first kappa shape index (κ1) is 12.1. The molecule has 3 aromatic rings. The molecule has 5 heteroatoms. The summed E-state index contributed by atoms with van der Waals surface area (Å²) in [6, 6.07) is 12.4. The fourth-order valence-electron chi connectivity index (χ4n) is 1.98. The van der Waals surface area contributed by atoms with Crippen LogP contribution in [0.3, 0.4) is 0 Å². The van der Waals surface area contributed by atoms with Crippen molar-refractivity contribution >= 4 is 22.8 Å². The zero-order valence-electron chi connectivity index (χ0n) is 10.4. The van der Waals surface area contributed by atoms with Crippen molar-refractivity contribution in [1.82, 2.24) is 9.97 Å². The number of hydrogen-bond donors (Lipinski definition) is 2. The molecule has 0 atom stereocenters. The third-order valence-corrected chi connectivity index (χ3v) is 2.92. The zero-order valence-corrected chi connectivity index (χ0v) is 10.4. The Bertz CT molecular complexity index is 839. The Hall–Kier alpha value is -2.95. The lowest BCUT2D eigenvalue weighted by atomic mass is 10.1. The lowest BCUT2D eigenvalue weighted by Crippen LogP contribution is -2.07. The van der Waals surface area contributed by atoms with Crippen LogP contribution in [-0.2, 0) is 0 Å². The summed E-state index contributed by atoms with van der Waals surface area (Å²) in [4.78, 5) is 22.4. The van der Waals surface area contributed by atoms with Crippen molar-refractivity contribution in [2.45, 2.75) is 0 Å². The van der Waals surface area contributed by atoms with Gasteiger partial charge in [0.25, 0.3) is 5.56 Å². The smallest absolute Gasteiger partial charge is 0.258 e. The molecule has 2 heterocycles. The number of aromatic nitrogens is 2. The van der Waals surface area contributed by atoms with E-state index in [0.717, 1.165) is 0 Å². The van der Waals surface area contributed by atoms with Crippen LogP contribution in [0.15, 0.2) is 58.4 Å². The largest absolute Gasteiger partial charge is 0.494 e. The molecule has 5 nitrogen and oxygen atoms in total. The molecule has 0 bridgehead atoms. The Morgan fingerprint density at radius 2 is 1.85 bits per heavy atom. The second kappa shape index (κ2) is 4.97. The van der Waals surface area contributed by atoms with Gasteiger partial charge in [-0.2, -0.15) is 0 Å². The van der Waals surface area contributed by atoms with Crippen molar-refractivity contribution in [1.29, 1.82) is 0 Å². The van der Waals surface area contributed by atoms with Crippen molar-refractivity contribution in [3.8, 4) is 5.88 Å². The lowest BCUT2D eigenvalue weighted by molar-refractivity contribution is 0.452. The molecule has 0 unspecified atom stereocenters. The first-order valence-electron chi connectivity index (χ1n) is 6.05. The second-order valence-electron chi connectivity index (χ2n) is 4.21. The lowest BCUT2D eigenvalue weighted by Gasteiger charge is -2.03. The SMILES string of the molecule is O=c1[nH]c(O)c(C=Nc2ccccn2)c2ccccc12. The Kier molecular flexibility index (Phi) is 3.01. The van der Waals surface area contributed by atoms with E-state index in [-0.39, 0.29) is 11.4 Å². The summed E-state index contributed by atoms with van der Waals surface area (Å²) in [7, 11) is 0. The van der Waals surface area contributed by atoms with E-state index < -0.39 is 0 Å². The fraction of sp³-hybridized carbons (Fsp3) is 0. The van der Waals surface area contributed by atoms with Gasteiger partial charge in [-0.1, -0.05) is 24.3 Å². The highest BCUT2D eigenvalue weighted by Crippen LogP contribution is 2.21. The van der Waals surface area contributed by atoms with Gasteiger partial charge in [-0.25, -0.2) is 9.98 Å². The first-order chi connectivity index (χ1) is 9.75. The highest BCUT2D eigenvalue weighted by atomic mass is 16.3. The maximum absolute atomic E-state index is 11.8. The molecule has 0 spiro atoms. The highest BCUT2D eigenvalue weighted by molar-refractivity contribution is 6.01. The summed E-state index contributed by atoms with van der Waals surface area (Å²) in [5.41, 5.74) is 0.138. The predicted octanol–water partition coefficient (Wildman–Crippen LogP) is 2.38. The van der Waals surface area contributed by atoms with Crippen LogP contribution < -0.4 is 5.56 Å². The number of H-pyrrole nitrogens is 1. The molecule has 0 amide bonds. The van der Waals surface area contributed by atoms with Gasteiger partial charge >= 0.3 is 0 Å². The van der Waals surface area contributed by atoms with E-state index >= 15 is 0 Å². The second-order valence-corrected chi connectivity index (χ2v) is 4.21. The number of aromatic amines is 1. The number of benzene rings is 1. The fourth-order valence-corrected chi connectivity index (χ4v) is 1.98. The Balaban J connectivity index is 2.17. The van der Waals surface area contributed by atoms with Crippen molar-refractivity contribution in [2.24, 2.45) is 4.99 Å². The van der Waals surface area contributed by atoms with Crippen molar-refractivity contribution in [3.63, 3.8) is 0 Å². The average molecular weight is 265 g/mol. The quantitative estimate of drug-likeness (QED) is 0.698. The maximum Gasteiger partial charge on any atom is 0.258 e. The van der Waals surface area contributed by atoms with Crippen LogP contribution in [0.2, 0.25) is 0 Å². The molecule has 20 heavy (non-hydrogen) atoms. The Morgan fingerprint density at radius 3 is 2.60 bits per heavy atom. The Labute approximate surface area is 114 Å². The van der Waals surface area contributed by atoms with Gasteiger partial charge in [-0.3, -0.25) is 9.78 Å². The molecule has 0 aliphatic rings. The van der Waals surface area contributed by atoms with E-state index in [4.69, 9.17) is 0 Å². The molecule has 3 rings (SSSR count). The summed E-state index contributed by atoms with van der Waals surface area (Å²) in [6.07, 6.45) is 3.13. The van der Waals surface area contributed by atoms with E-state index in [2.05, 4.69) is 15.0 Å². The molecule has 0 aliphatic carbocycles. The van der Waals surface area contributed by atoms with Gasteiger partial charge < -0.3 is 5.11 Å². The van der Waals surface area contributed by atoms with Crippen molar-refractivity contribution in [2.75, 3.05) is 0 Å². The predicted molar refractivity (Wildman–Crippen MR) is 77.7 cm³/mol. The van der Waals surface area contributed by atoms with Crippen LogP contribution in [0.4, 0.5) is 5.82 Å². The van der Waals surface area contributed by atoms with Gasteiger partial charge in [-0.05, 0) is 18.2 Å². The number of nitrogens with one attached hydrogen (secondary N) is 1. The number of aliphatic imine (C=N–C) groups is 1. The number of fused-ring (bicyclic) bond motifs is 1. The Morgan fingerprint density at radius 1 is 1.10 bits per heavy atom. The summed E-state index contributed by atoms with van der Waals surface area (Å²) < 4.78 is 0. The van der Waals surface area contributed by atoms with Gasteiger partial charge in [0.1, 0.15) is 0 Å². The van der Waals surface area contributed by atoms with Gasteiger partial charge in [0.15, 0.2) is 5.82 Å². The van der Waals surface area contributed by atoms with Crippen LogP contribution in [0, 0.1) is 0 Å². The summed E-state index contributed by atoms with van der Waals surface area (Å²) >= 11 is 0. The number of nitrogens with zero attached hydrogens (tertiary/aromatic N) is 2. The van der Waals surface area contributed by atoms with E-state index in [9.17, 15) is 9.90 Å². The van der Waals surface area contributed by atoms with Crippen LogP contribution in [-0.4, -0.2) is 21.3 Å². The van der Waals surface area contributed by atoms with Crippen LogP contribution in [0.5, 0.6) is 5.88 Å². The summed E-state index contributed by atoms with van der Waals surface area (Å²) in [6.45, 7) is 0. The minimum absolute atomic E-state index is 0.201. The van der Waals surface area contributed by atoms with Crippen LogP contribution in [0.1, 0.15) is 5.56 Å². The number of rotatable bonds is 2. The molecule has 2 aromatic heterocycles. The summed E-state index contributed by atoms with van der Waals surface area (Å²) in [5, 5.41) is 11.1. The van der Waals surface area contributed by atoms with E-state index in [1.54, 1.807) is 42.6 Å².